The molecule has 0 amide bonds. The smallest absolute Gasteiger partial charge is 0.0571 e. The third-order valence-electron chi connectivity index (χ3n) is 2.92. The Morgan fingerprint density at radius 3 is 2.89 bits per heavy atom. The highest BCUT2D eigenvalue weighted by atomic mass is 15.1. The first-order valence-electron chi connectivity index (χ1n) is 6.68. The van der Waals surface area contributed by atoms with Crippen molar-refractivity contribution in [3.63, 3.8) is 0 Å². The van der Waals surface area contributed by atoms with E-state index in [9.17, 15) is 0 Å². The lowest BCUT2D eigenvalue weighted by Gasteiger charge is -2.18. The van der Waals surface area contributed by atoms with Crippen molar-refractivity contribution in [2.75, 3.05) is 13.1 Å². The van der Waals surface area contributed by atoms with E-state index >= 15 is 0 Å². The molecule has 0 radical (unpaired) electrons. The normalized spacial score (nSPS) is 12.3. The van der Waals surface area contributed by atoms with Gasteiger partial charge in [0.1, 0.15) is 0 Å². The van der Waals surface area contributed by atoms with Crippen LogP contribution in [0.1, 0.15) is 30.9 Å². The Hall–Kier alpha value is -1.16. The quantitative estimate of drug-likeness (QED) is 0.462. The van der Waals surface area contributed by atoms with Gasteiger partial charge in [-0.3, -0.25) is 5.32 Å². The number of rotatable bonds is 9. The predicted molar refractivity (Wildman–Crippen MR) is 79.1 cm³/mol. The van der Waals surface area contributed by atoms with Gasteiger partial charge in [-0.1, -0.05) is 43.8 Å². The topological polar surface area (TPSA) is 50.1 Å². The van der Waals surface area contributed by atoms with Gasteiger partial charge in [0.05, 0.1) is 6.17 Å². The minimum absolute atomic E-state index is 0.351. The van der Waals surface area contributed by atoms with Gasteiger partial charge in [0.25, 0.3) is 0 Å². The number of nitrogens with two attached hydrogens (primary N) is 1. The van der Waals surface area contributed by atoms with Crippen molar-refractivity contribution in [2.24, 2.45) is 5.73 Å². The zero-order chi connectivity index (χ0) is 13.2. The Bertz CT molecular complexity index is 349. The van der Waals surface area contributed by atoms with Crippen LogP contribution in [0.25, 0.3) is 6.08 Å². The fourth-order valence-corrected chi connectivity index (χ4v) is 1.81. The number of hydrogen-bond donors (Lipinski definition) is 3. The van der Waals surface area contributed by atoms with E-state index in [4.69, 9.17) is 5.73 Å². The second kappa shape index (κ2) is 8.86. The molecule has 1 aromatic rings. The molecule has 3 nitrogen and oxygen atoms in total. The lowest BCUT2D eigenvalue weighted by molar-refractivity contribution is 0.410. The van der Waals surface area contributed by atoms with E-state index in [1.165, 1.54) is 11.1 Å². The fraction of sp³-hybridized carbons (Fsp3) is 0.467. The van der Waals surface area contributed by atoms with Crippen LogP contribution in [0.3, 0.4) is 0 Å². The summed E-state index contributed by atoms with van der Waals surface area (Å²) in [4.78, 5) is 0. The number of benzene rings is 1. The molecule has 4 N–H and O–H groups in total. The van der Waals surface area contributed by atoms with Crippen LogP contribution in [-0.2, 0) is 6.54 Å². The summed E-state index contributed by atoms with van der Waals surface area (Å²) in [5.41, 5.74) is 7.93. The molecule has 0 saturated heterocycles. The third-order valence-corrected chi connectivity index (χ3v) is 2.92. The van der Waals surface area contributed by atoms with Crippen LogP contribution in [0.15, 0.2) is 30.8 Å². The molecule has 18 heavy (non-hydrogen) atoms. The molecule has 0 aliphatic heterocycles. The van der Waals surface area contributed by atoms with Gasteiger partial charge in [-0.05, 0) is 37.1 Å². The zero-order valence-corrected chi connectivity index (χ0v) is 11.3. The van der Waals surface area contributed by atoms with Gasteiger partial charge in [0, 0.05) is 6.54 Å². The van der Waals surface area contributed by atoms with Crippen LogP contribution < -0.4 is 16.4 Å². The van der Waals surface area contributed by atoms with E-state index in [1.54, 1.807) is 0 Å². The summed E-state index contributed by atoms with van der Waals surface area (Å²) in [7, 11) is 0. The van der Waals surface area contributed by atoms with Crippen molar-refractivity contribution >= 4 is 6.08 Å². The molecular weight excluding hydrogens is 222 g/mol. The van der Waals surface area contributed by atoms with Crippen LogP contribution in [0.5, 0.6) is 0 Å². The van der Waals surface area contributed by atoms with Crippen LogP contribution in [0.4, 0.5) is 0 Å². The monoisotopic (exact) mass is 247 g/mol. The minimum atomic E-state index is 0.351. The van der Waals surface area contributed by atoms with Gasteiger partial charge in [0.15, 0.2) is 0 Å². The number of nitrogens with one attached hydrogen (secondary N) is 2. The molecule has 0 bridgehead atoms. The molecule has 0 fully saturated rings. The van der Waals surface area contributed by atoms with E-state index in [-0.39, 0.29) is 0 Å². The second-order valence-corrected chi connectivity index (χ2v) is 4.39. The average Bonchev–Trinajstić information content (AvgIpc) is 2.43. The highest BCUT2D eigenvalue weighted by molar-refractivity contribution is 5.47. The van der Waals surface area contributed by atoms with Gasteiger partial charge in [-0.25, -0.2) is 0 Å². The number of hydrogen-bond acceptors (Lipinski definition) is 3. The molecular formula is C15H25N3. The third kappa shape index (κ3) is 5.45. The molecule has 0 aliphatic rings. The molecule has 0 spiro atoms. The summed E-state index contributed by atoms with van der Waals surface area (Å²) < 4.78 is 0. The van der Waals surface area contributed by atoms with Gasteiger partial charge in [0.2, 0.25) is 0 Å². The maximum Gasteiger partial charge on any atom is 0.0571 e. The maximum absolute atomic E-state index is 5.48. The standard InChI is InChI=1S/C15H25N3/c1-3-13-7-5-8-14(11-13)12-18-15(4-2)17-10-6-9-16/h3,5,7-8,11,15,17-18H,1,4,6,9-10,12,16H2,2H3. The van der Waals surface area contributed by atoms with E-state index in [0.29, 0.717) is 6.17 Å². The zero-order valence-electron chi connectivity index (χ0n) is 11.3. The fourth-order valence-electron chi connectivity index (χ4n) is 1.81. The second-order valence-electron chi connectivity index (χ2n) is 4.39. The summed E-state index contributed by atoms with van der Waals surface area (Å²) in [6.45, 7) is 8.54. The molecule has 100 valence electrons. The summed E-state index contributed by atoms with van der Waals surface area (Å²) >= 11 is 0. The van der Waals surface area contributed by atoms with Crippen LogP contribution in [-0.4, -0.2) is 19.3 Å². The molecule has 3 heteroatoms. The summed E-state index contributed by atoms with van der Waals surface area (Å²) in [5, 5.41) is 6.97. The van der Waals surface area contributed by atoms with E-state index in [0.717, 1.165) is 32.5 Å². The molecule has 0 heterocycles. The molecule has 1 aromatic carbocycles. The average molecular weight is 247 g/mol. The molecule has 1 unspecified atom stereocenters. The molecule has 1 rings (SSSR count). The molecule has 1 atom stereocenters. The van der Waals surface area contributed by atoms with Crippen LogP contribution in [0, 0.1) is 0 Å². The Morgan fingerprint density at radius 2 is 2.22 bits per heavy atom. The van der Waals surface area contributed by atoms with Gasteiger partial charge in [-0.15, -0.1) is 0 Å². The summed E-state index contributed by atoms with van der Waals surface area (Å²) in [6.07, 6.45) is 4.31. The first kappa shape index (κ1) is 14.9. The van der Waals surface area contributed by atoms with Crippen molar-refractivity contribution in [2.45, 2.75) is 32.5 Å². The predicted octanol–water partition coefficient (Wildman–Crippen LogP) is 2.09. The van der Waals surface area contributed by atoms with Crippen molar-refractivity contribution in [1.82, 2.24) is 10.6 Å². The van der Waals surface area contributed by atoms with Crippen molar-refractivity contribution in [1.29, 1.82) is 0 Å². The van der Waals surface area contributed by atoms with Crippen molar-refractivity contribution in [3.8, 4) is 0 Å². The Morgan fingerprint density at radius 1 is 1.39 bits per heavy atom. The highest BCUT2D eigenvalue weighted by Gasteiger charge is 2.03. The molecule has 0 aromatic heterocycles. The van der Waals surface area contributed by atoms with Crippen LogP contribution >= 0.6 is 0 Å². The Kier molecular flexibility index (Phi) is 7.34. The van der Waals surface area contributed by atoms with Crippen molar-refractivity contribution < 1.29 is 0 Å². The van der Waals surface area contributed by atoms with Gasteiger partial charge >= 0.3 is 0 Å². The lowest BCUT2D eigenvalue weighted by atomic mass is 10.1. The summed E-state index contributed by atoms with van der Waals surface area (Å²) in [5.74, 6) is 0. The van der Waals surface area contributed by atoms with Gasteiger partial charge < -0.3 is 11.1 Å². The van der Waals surface area contributed by atoms with Gasteiger partial charge in [-0.2, -0.15) is 0 Å². The minimum Gasteiger partial charge on any atom is -0.330 e. The Balaban J connectivity index is 2.38. The largest absolute Gasteiger partial charge is 0.330 e. The molecule has 0 aliphatic carbocycles. The SMILES string of the molecule is C=Cc1cccc(CNC(CC)NCCCN)c1. The first-order chi connectivity index (χ1) is 8.80. The van der Waals surface area contributed by atoms with E-state index in [1.807, 2.05) is 6.08 Å². The first-order valence-corrected chi connectivity index (χ1v) is 6.68. The van der Waals surface area contributed by atoms with Crippen molar-refractivity contribution in [3.05, 3.63) is 42.0 Å². The van der Waals surface area contributed by atoms with Crippen LogP contribution in [0.2, 0.25) is 0 Å². The van der Waals surface area contributed by atoms with E-state index in [2.05, 4.69) is 48.4 Å². The van der Waals surface area contributed by atoms with E-state index < -0.39 is 0 Å². The lowest BCUT2D eigenvalue weighted by Crippen LogP contribution is -2.42. The highest BCUT2D eigenvalue weighted by Crippen LogP contribution is 2.06. The molecule has 0 saturated carbocycles. The maximum atomic E-state index is 5.48. The Labute approximate surface area is 110 Å². The summed E-state index contributed by atoms with van der Waals surface area (Å²) in [6, 6.07) is 8.42.